The van der Waals surface area contributed by atoms with E-state index in [4.69, 9.17) is 0 Å². The number of fused-ring (bicyclic) bond motifs is 1. The third-order valence-corrected chi connectivity index (χ3v) is 5.94. The predicted octanol–water partition coefficient (Wildman–Crippen LogP) is 4.70. The zero-order valence-corrected chi connectivity index (χ0v) is 14.0. The summed E-state index contributed by atoms with van der Waals surface area (Å²) in [5, 5.41) is 0. The smallest absolute Gasteiger partial charge is 0.0182 e. The minimum Gasteiger partial charge on any atom is -0.365 e. The summed E-state index contributed by atoms with van der Waals surface area (Å²) < 4.78 is 0. The molecule has 1 aliphatic carbocycles. The fraction of sp³-hybridized carbons (Fsp3) is 0.524. The van der Waals surface area contributed by atoms with Crippen LogP contribution in [0.5, 0.6) is 0 Å². The Hall–Kier alpha value is -1.54. The molecule has 0 radical (unpaired) electrons. The molecule has 1 saturated heterocycles. The van der Waals surface area contributed by atoms with Crippen LogP contribution in [0, 0.1) is 0 Å². The van der Waals surface area contributed by atoms with Gasteiger partial charge in [-0.25, -0.2) is 0 Å². The van der Waals surface area contributed by atoms with Gasteiger partial charge in [0.05, 0.1) is 0 Å². The van der Waals surface area contributed by atoms with Crippen LogP contribution in [0.2, 0.25) is 0 Å². The number of benzene rings is 1. The molecule has 122 valence electrons. The van der Waals surface area contributed by atoms with E-state index in [9.17, 15) is 0 Å². The molecule has 1 aromatic heterocycles. The normalized spacial score (nSPS) is 22.9. The molecule has 2 heterocycles. The van der Waals surface area contributed by atoms with Crippen LogP contribution in [-0.4, -0.2) is 29.5 Å². The van der Waals surface area contributed by atoms with Gasteiger partial charge >= 0.3 is 0 Å². The summed E-state index contributed by atoms with van der Waals surface area (Å²) in [4.78, 5) is 6.13. The number of likely N-dealkylation sites (tertiary alicyclic amines) is 1. The molecule has 2 aromatic rings. The first-order chi connectivity index (χ1) is 11.4. The van der Waals surface area contributed by atoms with Crippen molar-refractivity contribution in [1.29, 1.82) is 0 Å². The van der Waals surface area contributed by atoms with E-state index in [0.717, 1.165) is 11.8 Å². The molecule has 4 rings (SSSR count). The second-order valence-electron chi connectivity index (χ2n) is 7.32. The number of aryl methyl sites for hydroxylation is 1. The molecule has 0 bridgehead atoms. The lowest BCUT2D eigenvalue weighted by Crippen LogP contribution is -2.34. The van der Waals surface area contributed by atoms with Crippen molar-refractivity contribution in [3.05, 3.63) is 59.4 Å². The van der Waals surface area contributed by atoms with Crippen LogP contribution in [0.1, 0.15) is 60.8 Å². The molecule has 2 aliphatic rings. The minimum atomic E-state index is 0.776. The summed E-state index contributed by atoms with van der Waals surface area (Å²) in [6.45, 7) is 3.81. The Bertz CT molecular complexity index is 608. The van der Waals surface area contributed by atoms with E-state index in [1.807, 2.05) is 0 Å². The van der Waals surface area contributed by atoms with Crippen molar-refractivity contribution in [3.8, 4) is 0 Å². The van der Waals surface area contributed by atoms with Crippen molar-refractivity contribution in [3.63, 3.8) is 0 Å². The lowest BCUT2D eigenvalue weighted by Gasteiger charge is -2.33. The Balaban J connectivity index is 1.28. The number of hydrogen-bond donors (Lipinski definition) is 1. The molecule has 1 N–H and O–H groups in total. The van der Waals surface area contributed by atoms with E-state index < -0.39 is 0 Å². The van der Waals surface area contributed by atoms with Crippen LogP contribution in [0.25, 0.3) is 0 Å². The molecule has 2 nitrogen and oxygen atoms in total. The van der Waals surface area contributed by atoms with Crippen LogP contribution in [0.4, 0.5) is 0 Å². The van der Waals surface area contributed by atoms with E-state index >= 15 is 0 Å². The first-order valence-electron chi connectivity index (χ1n) is 9.33. The minimum absolute atomic E-state index is 0.776. The van der Waals surface area contributed by atoms with Crippen LogP contribution < -0.4 is 0 Å². The molecule has 0 saturated carbocycles. The summed E-state index contributed by atoms with van der Waals surface area (Å²) >= 11 is 0. The van der Waals surface area contributed by atoms with Crippen molar-refractivity contribution < 1.29 is 0 Å². The fourth-order valence-electron chi connectivity index (χ4n) is 4.55. The molecule has 1 aliphatic heterocycles. The number of nitrogens with zero attached hydrogens (tertiary/aromatic N) is 1. The van der Waals surface area contributed by atoms with E-state index in [2.05, 4.69) is 52.5 Å². The number of aromatic nitrogens is 1. The van der Waals surface area contributed by atoms with Gasteiger partial charge < -0.3 is 9.88 Å². The second-order valence-corrected chi connectivity index (χ2v) is 7.32. The molecule has 2 heteroatoms. The van der Waals surface area contributed by atoms with Gasteiger partial charge in [0.15, 0.2) is 0 Å². The molecule has 23 heavy (non-hydrogen) atoms. The van der Waals surface area contributed by atoms with Crippen molar-refractivity contribution in [2.24, 2.45) is 0 Å². The highest BCUT2D eigenvalue weighted by atomic mass is 15.1. The maximum absolute atomic E-state index is 3.44. The molecular formula is C21H28N2. The lowest BCUT2D eigenvalue weighted by atomic mass is 9.84. The predicted molar refractivity (Wildman–Crippen MR) is 95.9 cm³/mol. The molecule has 1 fully saturated rings. The highest BCUT2D eigenvalue weighted by Crippen LogP contribution is 2.34. The van der Waals surface area contributed by atoms with Gasteiger partial charge in [0, 0.05) is 11.9 Å². The number of aromatic amines is 1. The Morgan fingerprint density at radius 2 is 1.83 bits per heavy atom. The maximum Gasteiger partial charge on any atom is 0.0182 e. The van der Waals surface area contributed by atoms with Crippen LogP contribution >= 0.6 is 0 Å². The van der Waals surface area contributed by atoms with E-state index in [1.54, 1.807) is 5.56 Å². The molecule has 0 spiro atoms. The average molecular weight is 308 g/mol. The highest BCUT2D eigenvalue weighted by molar-refractivity contribution is 5.27. The summed E-state index contributed by atoms with van der Waals surface area (Å²) in [6.07, 6.45) is 10.1. The number of hydrogen-bond acceptors (Lipinski definition) is 1. The fourth-order valence-corrected chi connectivity index (χ4v) is 4.55. The summed E-state index contributed by atoms with van der Waals surface area (Å²) in [5.41, 5.74) is 4.65. The molecule has 1 aromatic carbocycles. The average Bonchev–Trinajstić information content (AvgIpc) is 3.10. The molecular weight excluding hydrogens is 280 g/mol. The van der Waals surface area contributed by atoms with Crippen molar-refractivity contribution >= 4 is 0 Å². The standard InChI is InChI=1S/C21H28N2/c1-2-5-17(6-3-1)18-10-14-23(15-11-18)16-12-19-7-4-8-21-20(19)9-13-22-21/h1-3,5-6,9,13,18-19,22H,4,7-8,10-12,14-16H2. The second kappa shape index (κ2) is 6.92. The first-order valence-corrected chi connectivity index (χ1v) is 9.33. The largest absolute Gasteiger partial charge is 0.365 e. The topological polar surface area (TPSA) is 19.0 Å². The Kier molecular flexibility index (Phi) is 4.52. The van der Waals surface area contributed by atoms with Gasteiger partial charge in [-0.2, -0.15) is 0 Å². The van der Waals surface area contributed by atoms with E-state index in [-0.39, 0.29) is 0 Å². The SMILES string of the molecule is c1ccc(C2CCN(CCC3CCCc4[nH]ccc43)CC2)cc1. The van der Waals surface area contributed by atoms with Crippen molar-refractivity contribution in [2.75, 3.05) is 19.6 Å². The van der Waals surface area contributed by atoms with E-state index in [1.165, 1.54) is 69.4 Å². The third-order valence-electron chi connectivity index (χ3n) is 5.94. The van der Waals surface area contributed by atoms with Crippen LogP contribution in [-0.2, 0) is 6.42 Å². The Morgan fingerprint density at radius 3 is 2.65 bits per heavy atom. The van der Waals surface area contributed by atoms with Gasteiger partial charge in [-0.3, -0.25) is 0 Å². The summed E-state index contributed by atoms with van der Waals surface area (Å²) in [6, 6.07) is 13.4. The number of H-pyrrole nitrogens is 1. The van der Waals surface area contributed by atoms with Gasteiger partial charge in [-0.05, 0) is 87.2 Å². The van der Waals surface area contributed by atoms with Gasteiger partial charge in [-0.15, -0.1) is 0 Å². The van der Waals surface area contributed by atoms with Crippen LogP contribution in [0.15, 0.2) is 42.6 Å². The Labute approximate surface area is 139 Å². The van der Waals surface area contributed by atoms with Crippen molar-refractivity contribution in [1.82, 2.24) is 9.88 Å². The number of piperidine rings is 1. The first kappa shape index (κ1) is 15.0. The Morgan fingerprint density at radius 1 is 1.00 bits per heavy atom. The van der Waals surface area contributed by atoms with Gasteiger partial charge in [0.25, 0.3) is 0 Å². The van der Waals surface area contributed by atoms with Gasteiger partial charge in [-0.1, -0.05) is 30.3 Å². The highest BCUT2D eigenvalue weighted by Gasteiger charge is 2.24. The summed E-state index contributed by atoms with van der Waals surface area (Å²) in [7, 11) is 0. The zero-order valence-electron chi connectivity index (χ0n) is 14.0. The lowest BCUT2D eigenvalue weighted by molar-refractivity contribution is 0.203. The van der Waals surface area contributed by atoms with Gasteiger partial charge in [0.2, 0.25) is 0 Å². The number of rotatable bonds is 4. The van der Waals surface area contributed by atoms with Gasteiger partial charge in [0.1, 0.15) is 0 Å². The third kappa shape index (κ3) is 3.37. The monoisotopic (exact) mass is 308 g/mol. The maximum atomic E-state index is 3.44. The number of nitrogens with one attached hydrogen (secondary N) is 1. The molecule has 0 amide bonds. The zero-order chi connectivity index (χ0) is 15.5. The quantitative estimate of drug-likeness (QED) is 0.867. The van der Waals surface area contributed by atoms with Crippen LogP contribution in [0.3, 0.4) is 0 Å². The molecule has 1 atom stereocenters. The molecule has 1 unspecified atom stereocenters. The summed E-state index contributed by atoms with van der Waals surface area (Å²) in [5.74, 6) is 1.57. The van der Waals surface area contributed by atoms with E-state index in [0.29, 0.717) is 0 Å². The van der Waals surface area contributed by atoms with Crippen molar-refractivity contribution in [2.45, 2.75) is 50.4 Å².